The quantitative estimate of drug-likeness (QED) is 0.318. The summed E-state index contributed by atoms with van der Waals surface area (Å²) in [6, 6.07) is 12.3. The number of nitrogen functional groups attached to an aromatic ring is 3. The van der Waals surface area contributed by atoms with Crippen molar-refractivity contribution in [3.05, 3.63) is 53.6 Å². The monoisotopic (exact) mass is 270 g/mol. The predicted molar refractivity (Wildman–Crippen MR) is 83.8 cm³/mol. The van der Waals surface area contributed by atoms with Crippen LogP contribution in [0.4, 0.5) is 17.1 Å². The van der Waals surface area contributed by atoms with Gasteiger partial charge in [-0.3, -0.25) is 0 Å². The standard InChI is InChI=1S/C14H18N6/c15-8-5-6-10(12(17)7-8)14(19)20-13(18)9-3-1-2-4-11(9)16/h1-7,14H,15-17,19H2,(H2,18,20). The molecule has 0 aliphatic rings. The smallest absolute Gasteiger partial charge is 0.129 e. The lowest BCUT2D eigenvalue weighted by Crippen LogP contribution is -2.20. The van der Waals surface area contributed by atoms with Crippen LogP contribution in [0.25, 0.3) is 0 Å². The largest absolute Gasteiger partial charge is 0.399 e. The van der Waals surface area contributed by atoms with E-state index >= 15 is 0 Å². The van der Waals surface area contributed by atoms with E-state index in [1.54, 1.807) is 30.3 Å². The van der Waals surface area contributed by atoms with Gasteiger partial charge in [0, 0.05) is 28.2 Å². The van der Waals surface area contributed by atoms with Crippen molar-refractivity contribution in [3.63, 3.8) is 0 Å². The molecule has 0 aromatic heterocycles. The molecule has 0 saturated carbocycles. The average Bonchev–Trinajstić information content (AvgIpc) is 2.38. The molecular formula is C14H18N6. The molecule has 0 saturated heterocycles. The summed E-state index contributed by atoms with van der Waals surface area (Å²) in [6.45, 7) is 0. The van der Waals surface area contributed by atoms with Crippen molar-refractivity contribution in [2.75, 3.05) is 17.2 Å². The van der Waals surface area contributed by atoms with Crippen LogP contribution in [-0.4, -0.2) is 5.84 Å². The second-order valence-electron chi connectivity index (χ2n) is 4.43. The molecule has 0 heterocycles. The van der Waals surface area contributed by atoms with Gasteiger partial charge in [-0.15, -0.1) is 0 Å². The van der Waals surface area contributed by atoms with E-state index in [2.05, 4.69) is 4.99 Å². The van der Waals surface area contributed by atoms with Crippen LogP contribution in [0.15, 0.2) is 47.5 Å². The van der Waals surface area contributed by atoms with Crippen LogP contribution >= 0.6 is 0 Å². The van der Waals surface area contributed by atoms with Gasteiger partial charge in [-0.25, -0.2) is 4.99 Å². The van der Waals surface area contributed by atoms with E-state index in [0.29, 0.717) is 28.2 Å². The molecule has 6 heteroatoms. The zero-order valence-electron chi connectivity index (χ0n) is 11.0. The fourth-order valence-corrected chi connectivity index (χ4v) is 1.88. The molecule has 0 aliphatic carbocycles. The average molecular weight is 270 g/mol. The highest BCUT2D eigenvalue weighted by atomic mass is 15.0. The van der Waals surface area contributed by atoms with E-state index in [4.69, 9.17) is 28.7 Å². The summed E-state index contributed by atoms with van der Waals surface area (Å²) in [6.07, 6.45) is -0.671. The summed E-state index contributed by atoms with van der Waals surface area (Å²) in [5.74, 6) is 0.270. The van der Waals surface area contributed by atoms with Gasteiger partial charge >= 0.3 is 0 Å². The zero-order valence-corrected chi connectivity index (χ0v) is 11.0. The van der Waals surface area contributed by atoms with Gasteiger partial charge in [0.25, 0.3) is 0 Å². The van der Waals surface area contributed by atoms with Gasteiger partial charge in [0.05, 0.1) is 0 Å². The minimum atomic E-state index is -0.671. The molecule has 0 bridgehead atoms. The summed E-state index contributed by atoms with van der Waals surface area (Å²) in [4.78, 5) is 4.24. The number of amidine groups is 1. The Hall–Kier alpha value is -2.73. The number of nitrogens with two attached hydrogens (primary N) is 5. The first-order valence-electron chi connectivity index (χ1n) is 6.07. The number of hydrogen-bond acceptors (Lipinski definition) is 5. The molecular weight excluding hydrogens is 252 g/mol. The number of aliphatic imine (C=N–C) groups is 1. The Bertz CT molecular complexity index is 650. The van der Waals surface area contributed by atoms with Gasteiger partial charge in [-0.1, -0.05) is 18.2 Å². The normalized spacial score (nSPS) is 13.2. The molecule has 2 aromatic rings. The molecule has 20 heavy (non-hydrogen) atoms. The topological polar surface area (TPSA) is 142 Å². The van der Waals surface area contributed by atoms with E-state index in [-0.39, 0.29) is 5.84 Å². The van der Waals surface area contributed by atoms with Crippen LogP contribution in [0.3, 0.4) is 0 Å². The third kappa shape index (κ3) is 2.81. The van der Waals surface area contributed by atoms with E-state index in [1.807, 2.05) is 12.1 Å². The lowest BCUT2D eigenvalue weighted by atomic mass is 10.1. The second kappa shape index (κ2) is 5.50. The maximum Gasteiger partial charge on any atom is 0.129 e. The SMILES string of the molecule is NC(=NC(N)c1ccc(N)cc1N)c1ccccc1N. The molecule has 2 aromatic carbocycles. The number of nitrogens with zero attached hydrogens (tertiary/aromatic N) is 1. The molecule has 0 aliphatic heterocycles. The molecule has 2 rings (SSSR count). The van der Waals surface area contributed by atoms with Crippen molar-refractivity contribution < 1.29 is 0 Å². The van der Waals surface area contributed by atoms with Crippen molar-refractivity contribution in [2.45, 2.75) is 6.17 Å². The van der Waals surface area contributed by atoms with Gasteiger partial charge < -0.3 is 28.7 Å². The molecule has 6 nitrogen and oxygen atoms in total. The molecule has 1 unspecified atom stereocenters. The van der Waals surface area contributed by atoms with Crippen molar-refractivity contribution >= 4 is 22.9 Å². The van der Waals surface area contributed by atoms with Crippen molar-refractivity contribution in [1.82, 2.24) is 0 Å². The van der Waals surface area contributed by atoms with Crippen LogP contribution < -0.4 is 28.7 Å². The highest BCUT2D eigenvalue weighted by Gasteiger charge is 2.10. The molecule has 0 spiro atoms. The first kappa shape index (κ1) is 13.7. The van der Waals surface area contributed by atoms with E-state index in [0.717, 1.165) is 0 Å². The maximum absolute atomic E-state index is 6.01. The van der Waals surface area contributed by atoms with E-state index in [1.165, 1.54) is 0 Å². The Balaban J connectivity index is 2.32. The Morgan fingerprint density at radius 2 is 1.65 bits per heavy atom. The number of anilines is 3. The van der Waals surface area contributed by atoms with Gasteiger partial charge in [-0.05, 0) is 24.3 Å². The number of rotatable bonds is 3. The first-order valence-corrected chi connectivity index (χ1v) is 6.07. The summed E-state index contributed by atoms with van der Waals surface area (Å²) in [5, 5.41) is 0. The number of para-hydroxylation sites is 1. The first-order chi connectivity index (χ1) is 9.49. The Morgan fingerprint density at radius 1 is 0.950 bits per heavy atom. The highest BCUT2D eigenvalue weighted by molar-refractivity contribution is 6.02. The van der Waals surface area contributed by atoms with Gasteiger partial charge in [0.15, 0.2) is 0 Å². The third-order valence-corrected chi connectivity index (χ3v) is 2.94. The maximum atomic E-state index is 6.01. The molecule has 1 atom stereocenters. The number of hydrogen-bond donors (Lipinski definition) is 5. The molecule has 10 N–H and O–H groups in total. The highest BCUT2D eigenvalue weighted by Crippen LogP contribution is 2.22. The van der Waals surface area contributed by atoms with Crippen LogP contribution in [0.2, 0.25) is 0 Å². The van der Waals surface area contributed by atoms with Crippen molar-refractivity contribution in [2.24, 2.45) is 16.5 Å². The van der Waals surface area contributed by atoms with E-state index < -0.39 is 6.17 Å². The summed E-state index contributed by atoms with van der Waals surface area (Å²) in [7, 11) is 0. The summed E-state index contributed by atoms with van der Waals surface area (Å²) >= 11 is 0. The van der Waals surface area contributed by atoms with E-state index in [9.17, 15) is 0 Å². The van der Waals surface area contributed by atoms with Crippen LogP contribution in [0.5, 0.6) is 0 Å². The Morgan fingerprint density at radius 3 is 2.30 bits per heavy atom. The van der Waals surface area contributed by atoms with Crippen molar-refractivity contribution in [1.29, 1.82) is 0 Å². The molecule has 0 fully saturated rings. The fourth-order valence-electron chi connectivity index (χ4n) is 1.88. The summed E-state index contributed by atoms with van der Waals surface area (Å²) < 4.78 is 0. The number of benzene rings is 2. The zero-order chi connectivity index (χ0) is 14.7. The summed E-state index contributed by atoms with van der Waals surface area (Å²) in [5.41, 5.74) is 32.2. The third-order valence-electron chi connectivity index (χ3n) is 2.94. The van der Waals surface area contributed by atoms with Gasteiger partial charge in [-0.2, -0.15) is 0 Å². The molecule has 0 radical (unpaired) electrons. The predicted octanol–water partition coefficient (Wildman–Crippen LogP) is 0.796. The molecule has 0 amide bonds. The fraction of sp³-hybridized carbons (Fsp3) is 0.0714. The van der Waals surface area contributed by atoms with Crippen LogP contribution in [0.1, 0.15) is 17.3 Å². The lowest BCUT2D eigenvalue weighted by molar-refractivity contribution is 0.778. The van der Waals surface area contributed by atoms with Gasteiger partial charge in [0.2, 0.25) is 0 Å². The minimum Gasteiger partial charge on any atom is -0.399 e. The van der Waals surface area contributed by atoms with Crippen LogP contribution in [-0.2, 0) is 0 Å². The lowest BCUT2D eigenvalue weighted by Gasteiger charge is -2.13. The van der Waals surface area contributed by atoms with Crippen molar-refractivity contribution in [3.8, 4) is 0 Å². The van der Waals surface area contributed by atoms with Gasteiger partial charge in [0.1, 0.15) is 12.0 Å². The Labute approximate surface area is 117 Å². The molecule has 104 valence electrons. The van der Waals surface area contributed by atoms with Crippen LogP contribution in [0, 0.1) is 0 Å². The minimum absolute atomic E-state index is 0.270. The second-order valence-corrected chi connectivity index (χ2v) is 4.43. The Kier molecular flexibility index (Phi) is 3.76.